The Morgan fingerprint density at radius 1 is 1.12 bits per heavy atom. The second kappa shape index (κ2) is 7.86. The van der Waals surface area contributed by atoms with E-state index in [1.807, 2.05) is 30.3 Å². The molecular weight excluding hydrogens is 381 g/mol. The SMILES string of the molecule is CN(C(=O)OCCl)C1CC[C@@H](c2ccc(Cl)c(Cl)c2)c2ccccc21. The number of hydrogen-bond acceptors (Lipinski definition) is 2. The van der Waals surface area contributed by atoms with Crippen LogP contribution in [0.3, 0.4) is 0 Å². The molecule has 0 spiro atoms. The lowest BCUT2D eigenvalue weighted by atomic mass is 9.76. The molecule has 0 aliphatic heterocycles. The third-order valence-electron chi connectivity index (χ3n) is 4.74. The van der Waals surface area contributed by atoms with Crippen molar-refractivity contribution < 1.29 is 9.53 Å². The lowest BCUT2D eigenvalue weighted by molar-refractivity contribution is 0.107. The van der Waals surface area contributed by atoms with E-state index in [1.54, 1.807) is 11.9 Å². The van der Waals surface area contributed by atoms with Gasteiger partial charge in [-0.25, -0.2) is 4.79 Å². The summed E-state index contributed by atoms with van der Waals surface area (Å²) in [6.07, 6.45) is 1.32. The number of benzene rings is 2. The molecule has 0 bridgehead atoms. The van der Waals surface area contributed by atoms with Gasteiger partial charge in [0.2, 0.25) is 0 Å². The smallest absolute Gasteiger partial charge is 0.411 e. The second-order valence-corrected chi connectivity index (χ2v) is 7.11. The minimum absolute atomic E-state index is 0.0362. The monoisotopic (exact) mass is 397 g/mol. The number of rotatable bonds is 3. The first-order valence-electron chi connectivity index (χ1n) is 8.02. The summed E-state index contributed by atoms with van der Waals surface area (Å²) < 4.78 is 4.93. The molecule has 2 atom stereocenters. The van der Waals surface area contributed by atoms with Crippen LogP contribution < -0.4 is 0 Å². The first kappa shape index (κ1) is 18.4. The fraction of sp³-hybridized carbons (Fsp3) is 0.316. The molecule has 2 aromatic carbocycles. The molecule has 0 saturated carbocycles. The van der Waals surface area contributed by atoms with Crippen LogP contribution in [0.2, 0.25) is 10.0 Å². The topological polar surface area (TPSA) is 29.5 Å². The van der Waals surface area contributed by atoms with Crippen molar-refractivity contribution in [1.82, 2.24) is 4.90 Å². The Bertz CT molecular complexity index is 781. The van der Waals surface area contributed by atoms with Crippen LogP contribution in [0.25, 0.3) is 0 Å². The minimum Gasteiger partial charge on any atom is -0.433 e. The number of amides is 1. The van der Waals surface area contributed by atoms with Gasteiger partial charge < -0.3 is 9.64 Å². The van der Waals surface area contributed by atoms with Gasteiger partial charge in [0.15, 0.2) is 6.07 Å². The van der Waals surface area contributed by atoms with Gasteiger partial charge in [-0.05, 0) is 41.7 Å². The number of hydrogen-bond donors (Lipinski definition) is 0. The van der Waals surface area contributed by atoms with Gasteiger partial charge in [-0.2, -0.15) is 0 Å². The van der Waals surface area contributed by atoms with Crippen LogP contribution in [-0.2, 0) is 4.74 Å². The molecule has 0 N–H and O–H groups in total. The fourth-order valence-corrected chi connectivity index (χ4v) is 3.92. The van der Waals surface area contributed by atoms with Gasteiger partial charge >= 0.3 is 6.09 Å². The van der Waals surface area contributed by atoms with Crippen molar-refractivity contribution in [2.75, 3.05) is 13.1 Å². The van der Waals surface area contributed by atoms with Crippen LogP contribution in [0.1, 0.15) is 41.5 Å². The van der Waals surface area contributed by atoms with E-state index in [4.69, 9.17) is 39.5 Å². The van der Waals surface area contributed by atoms with E-state index >= 15 is 0 Å². The zero-order chi connectivity index (χ0) is 18.0. The summed E-state index contributed by atoms with van der Waals surface area (Å²) in [7, 11) is 1.75. The van der Waals surface area contributed by atoms with Crippen LogP contribution in [0, 0.1) is 0 Å². The third-order valence-corrected chi connectivity index (χ3v) is 5.59. The lowest BCUT2D eigenvalue weighted by Crippen LogP contribution is -2.34. The van der Waals surface area contributed by atoms with Crippen molar-refractivity contribution in [3.63, 3.8) is 0 Å². The number of nitrogens with zero attached hydrogens (tertiary/aromatic N) is 1. The van der Waals surface area contributed by atoms with Gasteiger partial charge in [-0.15, -0.1) is 0 Å². The summed E-state index contributed by atoms with van der Waals surface area (Å²) in [5.41, 5.74) is 3.45. The molecule has 0 radical (unpaired) electrons. The van der Waals surface area contributed by atoms with Crippen LogP contribution in [-0.4, -0.2) is 24.1 Å². The first-order chi connectivity index (χ1) is 12.0. The average molecular weight is 399 g/mol. The molecule has 0 saturated heterocycles. The van der Waals surface area contributed by atoms with Gasteiger partial charge in [0, 0.05) is 13.0 Å². The van der Waals surface area contributed by atoms with Crippen LogP contribution in [0.4, 0.5) is 4.79 Å². The minimum atomic E-state index is -0.414. The van der Waals surface area contributed by atoms with E-state index in [9.17, 15) is 4.79 Å². The van der Waals surface area contributed by atoms with Gasteiger partial charge in [0.25, 0.3) is 0 Å². The largest absolute Gasteiger partial charge is 0.433 e. The maximum Gasteiger partial charge on any atom is 0.411 e. The lowest BCUT2D eigenvalue weighted by Gasteiger charge is -2.36. The maximum absolute atomic E-state index is 12.1. The summed E-state index contributed by atoms with van der Waals surface area (Å²) in [5.74, 6) is 0.222. The number of carbonyl (C=O) groups is 1. The summed E-state index contributed by atoms with van der Waals surface area (Å²) in [5, 5.41) is 1.11. The summed E-state index contributed by atoms with van der Waals surface area (Å²) >= 11 is 17.8. The van der Waals surface area contributed by atoms with Crippen molar-refractivity contribution in [1.29, 1.82) is 0 Å². The number of halogens is 3. The highest BCUT2D eigenvalue weighted by Crippen LogP contribution is 2.44. The zero-order valence-corrected chi connectivity index (χ0v) is 16.0. The van der Waals surface area contributed by atoms with E-state index in [1.165, 1.54) is 5.56 Å². The normalized spacial score (nSPS) is 19.2. The van der Waals surface area contributed by atoms with Crippen LogP contribution >= 0.6 is 34.8 Å². The Kier molecular flexibility index (Phi) is 5.78. The number of fused-ring (bicyclic) bond motifs is 1. The third kappa shape index (κ3) is 3.74. The molecule has 3 rings (SSSR count). The van der Waals surface area contributed by atoms with Gasteiger partial charge in [0.1, 0.15) is 0 Å². The first-order valence-corrected chi connectivity index (χ1v) is 9.31. The molecule has 2 aromatic rings. The summed E-state index contributed by atoms with van der Waals surface area (Å²) in [6.45, 7) is 0. The highest BCUT2D eigenvalue weighted by Gasteiger charge is 2.32. The van der Waals surface area contributed by atoms with Gasteiger partial charge in [-0.1, -0.05) is 65.1 Å². The summed E-state index contributed by atoms with van der Waals surface area (Å²) in [6, 6.07) is 13.8. The van der Waals surface area contributed by atoms with Gasteiger partial charge in [-0.3, -0.25) is 0 Å². The standard InChI is InChI=1S/C19H18Cl3NO2/c1-23(19(24)25-11-20)18-9-7-13(14-4-2-3-5-15(14)18)12-6-8-16(21)17(22)10-12/h2-6,8,10,13,18H,7,9,11H2,1H3/t13-,18?/m0/s1. The molecule has 132 valence electrons. The predicted octanol–water partition coefficient (Wildman–Crippen LogP) is 6.22. The fourth-order valence-electron chi connectivity index (χ4n) is 3.52. The Balaban J connectivity index is 1.96. The molecule has 25 heavy (non-hydrogen) atoms. The molecule has 1 amide bonds. The van der Waals surface area contributed by atoms with E-state index in [-0.39, 0.29) is 18.0 Å². The second-order valence-electron chi connectivity index (χ2n) is 6.08. The van der Waals surface area contributed by atoms with E-state index in [0.717, 1.165) is 24.0 Å². The summed E-state index contributed by atoms with van der Waals surface area (Å²) in [4.78, 5) is 13.7. The Hall–Kier alpha value is -1.42. The molecule has 0 aromatic heterocycles. The Labute approximate surface area is 162 Å². The van der Waals surface area contributed by atoms with Crippen molar-refractivity contribution >= 4 is 40.9 Å². The molecule has 0 fully saturated rings. The number of carbonyl (C=O) groups excluding carboxylic acids is 1. The van der Waals surface area contributed by atoms with Crippen molar-refractivity contribution in [2.24, 2.45) is 0 Å². The van der Waals surface area contributed by atoms with E-state index < -0.39 is 6.09 Å². The van der Waals surface area contributed by atoms with Crippen molar-refractivity contribution in [3.8, 4) is 0 Å². The zero-order valence-electron chi connectivity index (χ0n) is 13.7. The quantitative estimate of drug-likeness (QED) is 0.574. The molecule has 3 nitrogen and oxygen atoms in total. The van der Waals surface area contributed by atoms with Crippen LogP contribution in [0.15, 0.2) is 42.5 Å². The highest BCUT2D eigenvalue weighted by atomic mass is 35.5. The molecule has 6 heteroatoms. The molecule has 1 aliphatic carbocycles. The van der Waals surface area contributed by atoms with Crippen LogP contribution in [0.5, 0.6) is 0 Å². The highest BCUT2D eigenvalue weighted by molar-refractivity contribution is 6.42. The molecule has 0 heterocycles. The number of alkyl halides is 1. The Morgan fingerprint density at radius 2 is 1.84 bits per heavy atom. The average Bonchev–Trinajstić information content (AvgIpc) is 2.63. The Morgan fingerprint density at radius 3 is 2.52 bits per heavy atom. The number of ether oxygens (including phenoxy) is 1. The molecule has 1 unspecified atom stereocenters. The van der Waals surface area contributed by atoms with E-state index in [0.29, 0.717) is 10.0 Å². The van der Waals surface area contributed by atoms with Crippen molar-refractivity contribution in [2.45, 2.75) is 24.8 Å². The van der Waals surface area contributed by atoms with Crippen molar-refractivity contribution in [3.05, 3.63) is 69.2 Å². The molecule has 1 aliphatic rings. The predicted molar refractivity (Wildman–Crippen MR) is 102 cm³/mol. The van der Waals surface area contributed by atoms with Gasteiger partial charge in [0.05, 0.1) is 16.1 Å². The molecular formula is C19H18Cl3NO2. The van der Waals surface area contributed by atoms with E-state index in [2.05, 4.69) is 12.1 Å². The maximum atomic E-state index is 12.1.